The zero-order valence-electron chi connectivity index (χ0n) is 14.3. The highest BCUT2D eigenvalue weighted by Crippen LogP contribution is 2.38. The molecule has 0 saturated carbocycles. The number of imide groups is 1. The molecule has 1 aliphatic heterocycles. The molecule has 0 radical (unpaired) electrons. The summed E-state index contributed by atoms with van der Waals surface area (Å²) < 4.78 is 24.1. The number of hydrogen-bond donors (Lipinski definition) is 0. The van der Waals surface area contributed by atoms with Gasteiger partial charge in [0.25, 0.3) is 11.8 Å². The second-order valence-electron chi connectivity index (χ2n) is 6.05. The molecule has 2 amide bonds. The van der Waals surface area contributed by atoms with Gasteiger partial charge in [-0.1, -0.05) is 11.6 Å². The first-order valence-electron chi connectivity index (χ1n) is 8.19. The second kappa shape index (κ2) is 7.74. The Morgan fingerprint density at radius 3 is 2.37 bits per heavy atom. The van der Waals surface area contributed by atoms with Gasteiger partial charge in [0.05, 0.1) is 17.8 Å². The molecule has 1 aliphatic carbocycles. The summed E-state index contributed by atoms with van der Waals surface area (Å²) in [6.45, 7) is -0.449. The number of ether oxygens (including phenoxy) is 2. The van der Waals surface area contributed by atoms with Crippen molar-refractivity contribution in [2.45, 2.75) is 25.7 Å². The minimum atomic E-state index is -0.832. The number of carbonyl (C=O) groups is 3. The monoisotopic (exact) mass is 411 g/mol. The van der Waals surface area contributed by atoms with Crippen LogP contribution in [0.3, 0.4) is 0 Å². The van der Waals surface area contributed by atoms with Crippen LogP contribution in [0.4, 0.5) is 10.1 Å². The first-order valence-corrected chi connectivity index (χ1v) is 8.97. The summed E-state index contributed by atoms with van der Waals surface area (Å²) in [6, 6.07) is 2.14. The Morgan fingerprint density at radius 2 is 1.81 bits per heavy atom. The Morgan fingerprint density at radius 1 is 1.22 bits per heavy atom. The van der Waals surface area contributed by atoms with Crippen molar-refractivity contribution in [2.24, 2.45) is 0 Å². The van der Waals surface area contributed by atoms with E-state index in [1.807, 2.05) is 0 Å². The fraction of sp³-hybridized carbons (Fsp3) is 0.333. The normalized spacial score (nSPS) is 16.5. The van der Waals surface area contributed by atoms with Gasteiger partial charge in [-0.15, -0.1) is 0 Å². The van der Waals surface area contributed by atoms with E-state index in [4.69, 9.17) is 28.6 Å². The molecule has 0 unspecified atom stereocenters. The fourth-order valence-electron chi connectivity index (χ4n) is 3.08. The molecular weight excluding hydrogens is 397 g/mol. The highest BCUT2D eigenvalue weighted by molar-refractivity contribution is 7.80. The van der Waals surface area contributed by atoms with E-state index in [2.05, 4.69) is 4.74 Å². The van der Waals surface area contributed by atoms with Crippen molar-refractivity contribution < 1.29 is 28.2 Å². The van der Waals surface area contributed by atoms with Crippen molar-refractivity contribution in [3.8, 4) is 0 Å². The van der Waals surface area contributed by atoms with Crippen molar-refractivity contribution in [1.29, 1.82) is 0 Å². The maximum atomic E-state index is 14.5. The summed E-state index contributed by atoms with van der Waals surface area (Å²) in [4.78, 5) is 37.3. The maximum absolute atomic E-state index is 14.5. The van der Waals surface area contributed by atoms with Gasteiger partial charge in [0.2, 0.25) is 0 Å². The fourth-order valence-corrected chi connectivity index (χ4v) is 3.60. The van der Waals surface area contributed by atoms with Gasteiger partial charge < -0.3 is 9.47 Å². The van der Waals surface area contributed by atoms with Gasteiger partial charge in [-0.3, -0.25) is 9.59 Å². The molecule has 1 aromatic rings. The minimum Gasteiger partial charge on any atom is -0.471 e. The number of amides is 2. The number of carbonyl (C=O) groups excluding carboxylic acids is 3. The first-order chi connectivity index (χ1) is 12.8. The van der Waals surface area contributed by atoms with Crippen LogP contribution in [0.25, 0.3) is 0 Å². The second-order valence-corrected chi connectivity index (χ2v) is 6.82. The van der Waals surface area contributed by atoms with Crippen molar-refractivity contribution >= 4 is 52.3 Å². The van der Waals surface area contributed by atoms with Gasteiger partial charge in [-0.2, -0.15) is 0 Å². The lowest BCUT2D eigenvalue weighted by Crippen LogP contribution is -2.32. The van der Waals surface area contributed by atoms with Gasteiger partial charge in [0, 0.05) is 16.7 Å². The average Bonchev–Trinajstić information content (AvgIpc) is 2.91. The molecule has 27 heavy (non-hydrogen) atoms. The number of hydrogen-bond acceptors (Lipinski definition) is 6. The molecule has 2 aliphatic rings. The predicted octanol–water partition coefficient (Wildman–Crippen LogP) is 3.09. The first kappa shape index (κ1) is 19.4. The van der Waals surface area contributed by atoms with Gasteiger partial charge in [0.15, 0.2) is 11.7 Å². The van der Waals surface area contributed by atoms with Crippen molar-refractivity contribution in [3.05, 3.63) is 39.7 Å². The lowest BCUT2D eigenvalue weighted by molar-refractivity contribution is -0.143. The molecule has 3 rings (SSSR count). The van der Waals surface area contributed by atoms with Crippen LogP contribution < -0.4 is 4.90 Å². The number of thiocarbonyl (C=S) groups is 1. The van der Waals surface area contributed by atoms with Crippen molar-refractivity contribution in [2.75, 3.05) is 18.6 Å². The largest absolute Gasteiger partial charge is 0.471 e. The summed E-state index contributed by atoms with van der Waals surface area (Å²) in [6.07, 6.45) is 2.62. The molecule has 142 valence electrons. The highest BCUT2D eigenvalue weighted by atomic mass is 35.5. The molecule has 1 heterocycles. The van der Waals surface area contributed by atoms with E-state index in [0.29, 0.717) is 24.0 Å². The van der Waals surface area contributed by atoms with E-state index in [0.717, 1.165) is 23.8 Å². The smallest absolute Gasteiger partial charge is 0.343 e. The van der Waals surface area contributed by atoms with Crippen molar-refractivity contribution in [3.63, 3.8) is 0 Å². The van der Waals surface area contributed by atoms with E-state index >= 15 is 0 Å². The summed E-state index contributed by atoms with van der Waals surface area (Å²) in [7, 11) is 1.19. The van der Waals surface area contributed by atoms with Crippen LogP contribution in [0.15, 0.2) is 23.3 Å². The Hall–Kier alpha value is -2.32. The molecular formula is C18H15ClFNO5S. The Balaban J connectivity index is 1.93. The van der Waals surface area contributed by atoms with Gasteiger partial charge in [-0.25, -0.2) is 14.1 Å². The molecule has 0 fully saturated rings. The number of benzene rings is 1. The lowest BCUT2D eigenvalue weighted by Gasteiger charge is -2.18. The van der Waals surface area contributed by atoms with Crippen LogP contribution in [-0.2, 0) is 23.9 Å². The molecule has 0 spiro atoms. The molecule has 0 atom stereocenters. The van der Waals surface area contributed by atoms with Crippen LogP contribution in [0.1, 0.15) is 31.2 Å². The van der Waals surface area contributed by atoms with Crippen LogP contribution >= 0.6 is 23.8 Å². The Kier molecular flexibility index (Phi) is 5.57. The van der Waals surface area contributed by atoms with Crippen LogP contribution in [0.2, 0.25) is 5.02 Å². The van der Waals surface area contributed by atoms with E-state index in [-0.39, 0.29) is 21.3 Å². The topological polar surface area (TPSA) is 72.9 Å². The third kappa shape index (κ3) is 3.59. The average molecular weight is 412 g/mol. The summed E-state index contributed by atoms with van der Waals surface area (Å²) in [5.41, 5.74) is 0.721. The zero-order chi connectivity index (χ0) is 19.7. The summed E-state index contributed by atoms with van der Waals surface area (Å²) in [5.74, 6) is -2.54. The number of nitrogens with zero attached hydrogens (tertiary/aromatic N) is 1. The zero-order valence-corrected chi connectivity index (χ0v) is 15.9. The molecule has 0 bridgehead atoms. The molecule has 9 heteroatoms. The third-order valence-electron chi connectivity index (χ3n) is 4.44. The van der Waals surface area contributed by atoms with E-state index in [9.17, 15) is 18.8 Å². The standard InChI is InChI=1S/C18H15ClFNO5S/c1-25-15(22)8-26-18(27)11-6-14(13(20)7-12(11)19)21-16(23)9-4-2-3-5-10(9)17(21)24/h6-7H,2-5,8H2,1H3. The SMILES string of the molecule is COC(=O)COC(=S)c1cc(N2C(=O)C3=C(CCCC3)C2=O)c(F)cc1Cl. The Bertz CT molecular complexity index is 870. The quantitative estimate of drug-likeness (QED) is 0.430. The number of esters is 1. The van der Waals surface area contributed by atoms with Gasteiger partial charge in [-0.05, 0) is 50.0 Å². The van der Waals surface area contributed by atoms with E-state index in [1.54, 1.807) is 0 Å². The van der Waals surface area contributed by atoms with Crippen LogP contribution in [-0.4, -0.2) is 36.6 Å². The van der Waals surface area contributed by atoms with Crippen LogP contribution in [0, 0.1) is 5.82 Å². The third-order valence-corrected chi connectivity index (χ3v) is 5.09. The lowest BCUT2D eigenvalue weighted by atomic mass is 9.93. The number of halogens is 2. The molecule has 1 aromatic carbocycles. The number of methoxy groups -OCH3 is 1. The van der Waals surface area contributed by atoms with E-state index < -0.39 is 30.2 Å². The van der Waals surface area contributed by atoms with E-state index in [1.165, 1.54) is 13.2 Å². The number of anilines is 1. The number of rotatable bonds is 4. The predicted molar refractivity (Wildman–Crippen MR) is 99.1 cm³/mol. The highest BCUT2D eigenvalue weighted by Gasteiger charge is 2.41. The molecule has 0 saturated heterocycles. The van der Waals surface area contributed by atoms with Gasteiger partial charge >= 0.3 is 5.97 Å². The molecule has 0 aromatic heterocycles. The Labute approximate surface area is 164 Å². The molecule has 6 nitrogen and oxygen atoms in total. The molecule has 0 N–H and O–H groups in total. The van der Waals surface area contributed by atoms with Gasteiger partial charge in [0.1, 0.15) is 5.82 Å². The van der Waals surface area contributed by atoms with Crippen LogP contribution in [0.5, 0.6) is 0 Å². The summed E-state index contributed by atoms with van der Waals surface area (Å²) >= 11 is 11.1. The summed E-state index contributed by atoms with van der Waals surface area (Å²) in [5, 5.41) is -0.244. The minimum absolute atomic E-state index is 0.0667. The van der Waals surface area contributed by atoms with Crippen molar-refractivity contribution in [1.82, 2.24) is 0 Å². The maximum Gasteiger partial charge on any atom is 0.343 e.